The van der Waals surface area contributed by atoms with Crippen LogP contribution in [0.3, 0.4) is 0 Å². The highest BCUT2D eigenvalue weighted by molar-refractivity contribution is 6.48. The lowest BCUT2D eigenvalue weighted by Crippen LogP contribution is -2.10. The lowest BCUT2D eigenvalue weighted by atomic mass is 10.4. The second-order valence-electron chi connectivity index (χ2n) is 2.50. The van der Waals surface area contributed by atoms with Crippen LogP contribution in [0.2, 0.25) is 13.1 Å². The van der Waals surface area contributed by atoms with E-state index >= 15 is 0 Å². The van der Waals surface area contributed by atoms with Gasteiger partial charge in [-0.2, -0.15) is 0 Å². The highest BCUT2D eigenvalue weighted by Crippen LogP contribution is 2.08. The van der Waals surface area contributed by atoms with Crippen LogP contribution < -0.4 is 0 Å². The molecule has 0 aromatic carbocycles. The molecule has 0 unspecified atom stereocenters. The summed E-state index contributed by atoms with van der Waals surface area (Å²) in [6.07, 6.45) is 3.15. The van der Waals surface area contributed by atoms with Gasteiger partial charge in [0.2, 0.25) is 9.04 Å². The van der Waals surface area contributed by atoms with Crippen LogP contribution in [0.25, 0.3) is 0 Å². The first-order chi connectivity index (χ1) is 4.79. The van der Waals surface area contributed by atoms with Crippen LogP contribution in [0.15, 0.2) is 11.8 Å². The van der Waals surface area contributed by atoms with Crippen molar-refractivity contribution in [2.24, 2.45) is 0 Å². The summed E-state index contributed by atoms with van der Waals surface area (Å²) in [5, 5.41) is 0. The number of hydrogen-bond donors (Lipinski definition) is 0. The van der Waals surface area contributed by atoms with Crippen LogP contribution in [0.4, 0.5) is 0 Å². The summed E-state index contributed by atoms with van der Waals surface area (Å²) in [4.78, 5) is 0. The molecule has 3 heteroatoms. The van der Waals surface area contributed by atoms with E-state index in [4.69, 9.17) is 9.16 Å². The molecule has 57 valence electrons. The van der Waals surface area contributed by atoms with Crippen molar-refractivity contribution in [1.82, 2.24) is 0 Å². The minimum atomic E-state index is -0.543. The van der Waals surface area contributed by atoms with E-state index in [0.29, 0.717) is 6.61 Å². The predicted octanol–water partition coefficient (Wildman–Crippen LogP) is 1.56. The van der Waals surface area contributed by atoms with Crippen LogP contribution in [-0.2, 0) is 9.16 Å². The summed E-state index contributed by atoms with van der Waals surface area (Å²) in [5.41, 5.74) is 0. The Morgan fingerprint density at radius 3 is 3.00 bits per heavy atom. The maximum atomic E-state index is 5.43. The predicted molar refractivity (Wildman–Crippen MR) is 42.1 cm³/mol. The molecule has 2 nitrogen and oxygen atoms in total. The summed E-state index contributed by atoms with van der Waals surface area (Å²) < 4.78 is 10.7. The summed E-state index contributed by atoms with van der Waals surface area (Å²) in [6.45, 7) is 5.77. The zero-order chi connectivity index (χ0) is 7.40. The molecule has 0 spiro atoms. The molecule has 0 saturated heterocycles. The monoisotopic (exact) mass is 157 g/mol. The Bertz CT molecular complexity index is 132. The molecule has 0 saturated carbocycles. The summed E-state index contributed by atoms with van der Waals surface area (Å²) >= 11 is 0. The second kappa shape index (κ2) is 3.78. The Morgan fingerprint density at radius 2 is 2.50 bits per heavy atom. The van der Waals surface area contributed by atoms with Crippen LogP contribution in [0.1, 0.15) is 6.42 Å². The van der Waals surface area contributed by atoms with E-state index < -0.39 is 9.04 Å². The molecule has 0 aromatic rings. The van der Waals surface area contributed by atoms with E-state index in [9.17, 15) is 0 Å². The molecule has 1 radical (unpaired) electrons. The van der Waals surface area contributed by atoms with Crippen LogP contribution in [0, 0.1) is 0 Å². The number of rotatable bonds is 3. The minimum Gasteiger partial charge on any atom is -0.496 e. The van der Waals surface area contributed by atoms with Gasteiger partial charge in [0.15, 0.2) is 0 Å². The van der Waals surface area contributed by atoms with E-state index in [1.807, 2.05) is 0 Å². The molecule has 10 heavy (non-hydrogen) atoms. The van der Waals surface area contributed by atoms with Crippen LogP contribution >= 0.6 is 0 Å². The Morgan fingerprint density at radius 1 is 1.70 bits per heavy atom. The maximum absolute atomic E-state index is 5.43. The molecule has 0 fully saturated rings. The van der Waals surface area contributed by atoms with Crippen molar-refractivity contribution >= 4 is 9.04 Å². The SMILES string of the molecule is C[Si](C)OCC1=CCCO1. The van der Waals surface area contributed by atoms with E-state index in [1.54, 1.807) is 0 Å². The highest BCUT2D eigenvalue weighted by atomic mass is 28.3. The Hall–Kier alpha value is -0.283. The molecule has 0 aliphatic carbocycles. The maximum Gasteiger partial charge on any atom is 0.205 e. The topological polar surface area (TPSA) is 18.5 Å². The average Bonchev–Trinajstić information content (AvgIpc) is 2.34. The van der Waals surface area contributed by atoms with Gasteiger partial charge in [-0.1, -0.05) is 0 Å². The zero-order valence-electron chi connectivity index (χ0n) is 6.52. The van der Waals surface area contributed by atoms with Gasteiger partial charge in [0.1, 0.15) is 5.76 Å². The van der Waals surface area contributed by atoms with Crippen molar-refractivity contribution in [3.8, 4) is 0 Å². The lowest BCUT2D eigenvalue weighted by Gasteiger charge is -2.06. The molecule has 0 amide bonds. The van der Waals surface area contributed by atoms with Gasteiger partial charge in [-0.05, 0) is 19.2 Å². The van der Waals surface area contributed by atoms with Crippen molar-refractivity contribution in [1.29, 1.82) is 0 Å². The van der Waals surface area contributed by atoms with Gasteiger partial charge in [-0.25, -0.2) is 0 Å². The molecule has 1 heterocycles. The van der Waals surface area contributed by atoms with Gasteiger partial charge >= 0.3 is 0 Å². The van der Waals surface area contributed by atoms with Gasteiger partial charge in [-0.3, -0.25) is 0 Å². The highest BCUT2D eigenvalue weighted by Gasteiger charge is 2.06. The van der Waals surface area contributed by atoms with E-state index in [2.05, 4.69) is 19.2 Å². The molecule has 1 aliphatic rings. The molecule has 0 atom stereocenters. The molecular weight excluding hydrogens is 144 g/mol. The third-order valence-electron chi connectivity index (χ3n) is 1.28. The third-order valence-corrected chi connectivity index (χ3v) is 2.00. The smallest absolute Gasteiger partial charge is 0.205 e. The zero-order valence-corrected chi connectivity index (χ0v) is 7.52. The molecule has 1 rings (SSSR count). The van der Waals surface area contributed by atoms with Gasteiger partial charge in [0.25, 0.3) is 0 Å². The van der Waals surface area contributed by atoms with Gasteiger partial charge < -0.3 is 9.16 Å². The minimum absolute atomic E-state index is 0.543. The average molecular weight is 157 g/mol. The van der Waals surface area contributed by atoms with Crippen molar-refractivity contribution in [2.75, 3.05) is 13.2 Å². The van der Waals surface area contributed by atoms with E-state index in [1.165, 1.54) is 0 Å². The molecular formula is C7H13O2Si. The first kappa shape index (κ1) is 7.82. The number of hydrogen-bond acceptors (Lipinski definition) is 2. The van der Waals surface area contributed by atoms with E-state index in [0.717, 1.165) is 18.8 Å². The summed E-state index contributed by atoms with van der Waals surface area (Å²) in [6, 6.07) is 0. The largest absolute Gasteiger partial charge is 0.496 e. The van der Waals surface area contributed by atoms with Gasteiger partial charge in [0.05, 0.1) is 13.2 Å². The molecule has 0 aromatic heterocycles. The molecule has 1 aliphatic heterocycles. The van der Waals surface area contributed by atoms with Gasteiger partial charge in [0, 0.05) is 6.42 Å². The Labute approximate surface area is 63.6 Å². The normalized spacial score (nSPS) is 17.3. The fourth-order valence-corrected chi connectivity index (χ4v) is 1.22. The molecule has 0 N–H and O–H groups in total. The van der Waals surface area contributed by atoms with Crippen LogP contribution in [0.5, 0.6) is 0 Å². The summed E-state index contributed by atoms with van der Waals surface area (Å²) in [7, 11) is -0.543. The lowest BCUT2D eigenvalue weighted by molar-refractivity contribution is 0.195. The van der Waals surface area contributed by atoms with Crippen molar-refractivity contribution in [3.63, 3.8) is 0 Å². The van der Waals surface area contributed by atoms with Gasteiger partial charge in [-0.15, -0.1) is 0 Å². The first-order valence-electron chi connectivity index (χ1n) is 3.54. The fraction of sp³-hybridized carbons (Fsp3) is 0.714. The Kier molecular flexibility index (Phi) is 2.96. The first-order valence-corrected chi connectivity index (χ1v) is 5.94. The van der Waals surface area contributed by atoms with E-state index in [-0.39, 0.29) is 0 Å². The quantitative estimate of drug-likeness (QED) is 0.579. The third kappa shape index (κ3) is 2.54. The standard InChI is InChI=1S/C7H13O2Si/c1-10(2)9-6-7-4-3-5-8-7/h4H,3,5-6H2,1-2H3. The van der Waals surface area contributed by atoms with Crippen molar-refractivity contribution in [2.45, 2.75) is 19.5 Å². The van der Waals surface area contributed by atoms with Crippen LogP contribution in [-0.4, -0.2) is 22.3 Å². The van der Waals surface area contributed by atoms with Crippen molar-refractivity contribution < 1.29 is 9.16 Å². The number of ether oxygens (including phenoxy) is 1. The fourth-order valence-electron chi connectivity index (χ4n) is 0.785. The Balaban J connectivity index is 2.13. The summed E-state index contributed by atoms with van der Waals surface area (Å²) in [5.74, 6) is 1.02. The molecule has 0 bridgehead atoms. The second-order valence-corrected chi connectivity index (χ2v) is 4.61. The van der Waals surface area contributed by atoms with Crippen molar-refractivity contribution in [3.05, 3.63) is 11.8 Å².